The SMILES string of the molecule is O=C1N(Cc2ccccc2)c2ccccc2[C@]12Oc1ccccc1[C@@H]1CC(c3cccs3)=NN12. The molecule has 0 unspecified atom stereocenters. The molecule has 4 aromatic rings. The van der Waals surface area contributed by atoms with Crippen LogP contribution in [0.25, 0.3) is 0 Å². The Labute approximate surface area is 201 Å². The highest BCUT2D eigenvalue weighted by atomic mass is 32.1. The summed E-state index contributed by atoms with van der Waals surface area (Å²) in [5.74, 6) is 0.643. The maximum atomic E-state index is 14.4. The van der Waals surface area contributed by atoms with Gasteiger partial charge in [-0.15, -0.1) is 11.3 Å². The van der Waals surface area contributed by atoms with Crippen LogP contribution < -0.4 is 9.64 Å². The van der Waals surface area contributed by atoms with Crippen LogP contribution >= 0.6 is 11.3 Å². The Bertz CT molecular complexity index is 1430. The summed E-state index contributed by atoms with van der Waals surface area (Å²) in [6, 6.07) is 30.1. The molecule has 1 aromatic heterocycles. The van der Waals surface area contributed by atoms with Gasteiger partial charge in [0.2, 0.25) is 0 Å². The Morgan fingerprint density at radius 3 is 2.59 bits per heavy atom. The smallest absolute Gasteiger partial charge is 0.306 e. The van der Waals surface area contributed by atoms with Crippen molar-refractivity contribution in [1.82, 2.24) is 5.01 Å². The van der Waals surface area contributed by atoms with Crippen LogP contribution in [0, 0.1) is 0 Å². The van der Waals surface area contributed by atoms with Crippen molar-refractivity contribution in [3.8, 4) is 5.75 Å². The van der Waals surface area contributed by atoms with Crippen LogP contribution in [0.15, 0.2) is 101 Å². The molecule has 34 heavy (non-hydrogen) atoms. The first kappa shape index (κ1) is 19.6. The number of benzene rings is 3. The van der Waals surface area contributed by atoms with Gasteiger partial charge < -0.3 is 9.64 Å². The number of ether oxygens (including phenoxy) is 1. The molecule has 0 saturated carbocycles. The minimum absolute atomic E-state index is 0.0734. The van der Waals surface area contributed by atoms with Crippen molar-refractivity contribution >= 4 is 28.6 Å². The van der Waals surface area contributed by atoms with Gasteiger partial charge in [0.1, 0.15) is 5.75 Å². The summed E-state index contributed by atoms with van der Waals surface area (Å²) in [6.45, 7) is 0.476. The molecule has 3 aromatic carbocycles. The number of hydrogen-bond acceptors (Lipinski definition) is 5. The summed E-state index contributed by atoms with van der Waals surface area (Å²) in [7, 11) is 0. The zero-order valence-corrected chi connectivity index (χ0v) is 19.1. The Balaban J connectivity index is 1.42. The van der Waals surface area contributed by atoms with Gasteiger partial charge in [-0.1, -0.05) is 72.8 Å². The van der Waals surface area contributed by atoms with E-state index in [-0.39, 0.29) is 11.9 Å². The van der Waals surface area contributed by atoms with Gasteiger partial charge in [-0.25, -0.2) is 5.01 Å². The summed E-state index contributed by atoms with van der Waals surface area (Å²) in [5.41, 5.74) is 3.51. The maximum absolute atomic E-state index is 14.4. The summed E-state index contributed by atoms with van der Waals surface area (Å²) in [4.78, 5) is 17.4. The minimum Gasteiger partial charge on any atom is -0.453 e. The first-order chi connectivity index (χ1) is 16.8. The van der Waals surface area contributed by atoms with Crippen LogP contribution in [0.3, 0.4) is 0 Å². The van der Waals surface area contributed by atoms with Gasteiger partial charge in [0, 0.05) is 12.0 Å². The van der Waals surface area contributed by atoms with E-state index in [1.165, 1.54) is 0 Å². The predicted molar refractivity (Wildman–Crippen MR) is 133 cm³/mol. The van der Waals surface area contributed by atoms with Crippen molar-refractivity contribution in [1.29, 1.82) is 0 Å². The molecule has 5 nitrogen and oxygen atoms in total. The van der Waals surface area contributed by atoms with Crippen molar-refractivity contribution in [3.63, 3.8) is 0 Å². The Hall–Kier alpha value is -3.90. The number of hydrazone groups is 1. The van der Waals surface area contributed by atoms with E-state index < -0.39 is 5.72 Å². The summed E-state index contributed by atoms with van der Waals surface area (Å²) in [5, 5.41) is 9.05. The number of fused-ring (bicyclic) bond motifs is 6. The molecule has 0 fully saturated rings. The molecule has 6 heteroatoms. The molecule has 166 valence electrons. The monoisotopic (exact) mass is 463 g/mol. The van der Waals surface area contributed by atoms with E-state index >= 15 is 0 Å². The van der Waals surface area contributed by atoms with Gasteiger partial charge in [0.05, 0.1) is 34.4 Å². The van der Waals surface area contributed by atoms with Crippen molar-refractivity contribution in [2.24, 2.45) is 5.10 Å². The summed E-state index contributed by atoms with van der Waals surface area (Å²) in [6.07, 6.45) is 0.733. The van der Waals surface area contributed by atoms with Crippen molar-refractivity contribution in [3.05, 3.63) is 118 Å². The van der Waals surface area contributed by atoms with E-state index in [9.17, 15) is 4.79 Å². The second-order valence-electron chi connectivity index (χ2n) is 8.77. The third-order valence-electron chi connectivity index (χ3n) is 6.85. The normalized spacial score (nSPS) is 22.3. The lowest BCUT2D eigenvalue weighted by atomic mass is 9.93. The first-order valence-electron chi connectivity index (χ1n) is 11.4. The maximum Gasteiger partial charge on any atom is 0.306 e. The molecule has 2 atom stereocenters. The fourth-order valence-electron chi connectivity index (χ4n) is 5.34. The zero-order chi connectivity index (χ0) is 22.7. The second-order valence-corrected chi connectivity index (χ2v) is 9.71. The number of thiophene rings is 1. The fourth-order valence-corrected chi connectivity index (χ4v) is 6.06. The highest BCUT2D eigenvalue weighted by Crippen LogP contribution is 2.55. The molecule has 1 spiro atoms. The molecule has 4 heterocycles. The number of hydrogen-bond donors (Lipinski definition) is 0. The number of rotatable bonds is 3. The van der Waals surface area contributed by atoms with Gasteiger partial charge in [-0.05, 0) is 29.1 Å². The van der Waals surface area contributed by atoms with E-state index in [1.807, 2.05) is 88.8 Å². The molecule has 3 aliphatic heterocycles. The lowest BCUT2D eigenvalue weighted by Gasteiger charge is -2.44. The minimum atomic E-state index is -1.33. The quantitative estimate of drug-likeness (QED) is 0.392. The van der Waals surface area contributed by atoms with E-state index in [1.54, 1.807) is 11.3 Å². The van der Waals surface area contributed by atoms with E-state index in [0.717, 1.165) is 45.1 Å². The van der Waals surface area contributed by atoms with Crippen LogP contribution in [-0.4, -0.2) is 16.6 Å². The average molecular weight is 464 g/mol. The van der Waals surface area contributed by atoms with Crippen LogP contribution in [0.2, 0.25) is 0 Å². The van der Waals surface area contributed by atoms with Gasteiger partial charge in [-0.3, -0.25) is 4.79 Å². The zero-order valence-electron chi connectivity index (χ0n) is 18.3. The summed E-state index contributed by atoms with van der Waals surface area (Å²) < 4.78 is 6.70. The Kier molecular flexibility index (Phi) is 4.20. The predicted octanol–water partition coefficient (Wildman–Crippen LogP) is 5.69. The van der Waals surface area contributed by atoms with Gasteiger partial charge >= 0.3 is 5.72 Å². The highest BCUT2D eigenvalue weighted by molar-refractivity contribution is 7.12. The summed E-state index contributed by atoms with van der Waals surface area (Å²) >= 11 is 1.67. The largest absolute Gasteiger partial charge is 0.453 e. The lowest BCUT2D eigenvalue weighted by Crippen LogP contribution is -2.57. The number of nitrogens with zero attached hydrogens (tertiary/aromatic N) is 3. The molecular formula is C28H21N3O2S. The van der Waals surface area contributed by atoms with Gasteiger partial charge in [0.15, 0.2) is 0 Å². The number of amides is 1. The average Bonchev–Trinajstić information content (AvgIpc) is 3.61. The first-order valence-corrected chi connectivity index (χ1v) is 12.3. The number of carbonyl (C=O) groups excluding carboxylic acids is 1. The number of anilines is 1. The standard InChI is InChI=1S/C28H21N3O2S/c32-27-28(21-12-5-6-13-23(21)30(27)18-19-9-2-1-3-10-19)31-24(20-11-4-7-14-25(20)33-28)17-22(29-31)26-15-8-16-34-26/h1-16,24H,17-18H2/t24-,28-/m0/s1. The molecule has 7 rings (SSSR count). The molecule has 0 bridgehead atoms. The van der Waals surface area contributed by atoms with E-state index in [2.05, 4.69) is 17.5 Å². The molecule has 0 N–H and O–H groups in total. The third kappa shape index (κ3) is 2.66. The Morgan fingerprint density at radius 2 is 1.74 bits per heavy atom. The molecule has 0 saturated heterocycles. The second kappa shape index (κ2) is 7.30. The molecule has 0 radical (unpaired) electrons. The van der Waals surface area contributed by atoms with Gasteiger partial charge in [0.25, 0.3) is 5.91 Å². The number of para-hydroxylation sites is 2. The van der Waals surface area contributed by atoms with Crippen LogP contribution in [0.5, 0.6) is 5.75 Å². The van der Waals surface area contributed by atoms with Crippen molar-refractivity contribution in [2.75, 3.05) is 4.90 Å². The molecule has 1 amide bonds. The molecule has 3 aliphatic rings. The Morgan fingerprint density at radius 1 is 0.941 bits per heavy atom. The lowest BCUT2D eigenvalue weighted by molar-refractivity contribution is -0.164. The number of carbonyl (C=O) groups is 1. The molecule has 0 aliphatic carbocycles. The van der Waals surface area contributed by atoms with Gasteiger partial charge in [-0.2, -0.15) is 5.10 Å². The van der Waals surface area contributed by atoms with Crippen LogP contribution in [-0.2, 0) is 17.1 Å². The van der Waals surface area contributed by atoms with Crippen LogP contribution in [0.1, 0.15) is 34.0 Å². The van der Waals surface area contributed by atoms with Crippen molar-refractivity contribution < 1.29 is 9.53 Å². The van der Waals surface area contributed by atoms with E-state index in [4.69, 9.17) is 9.84 Å². The van der Waals surface area contributed by atoms with E-state index in [0.29, 0.717) is 6.54 Å². The third-order valence-corrected chi connectivity index (χ3v) is 7.77. The molecular weight excluding hydrogens is 442 g/mol. The topological polar surface area (TPSA) is 45.1 Å². The fraction of sp³-hybridized carbons (Fsp3) is 0.143. The van der Waals surface area contributed by atoms with Crippen LogP contribution in [0.4, 0.5) is 5.69 Å². The highest BCUT2D eigenvalue weighted by Gasteiger charge is 2.63. The van der Waals surface area contributed by atoms with Crippen molar-refractivity contribution in [2.45, 2.75) is 24.7 Å².